The molecule has 1 unspecified atom stereocenters. The molecule has 1 N–H and O–H groups in total. The number of hydrogen-bond acceptors (Lipinski definition) is 4. The third kappa shape index (κ3) is 7.43. The Hall–Kier alpha value is -2.82. The number of carbonyl (C=O) groups excluding carboxylic acids is 2. The van der Waals surface area contributed by atoms with Crippen LogP contribution in [0.5, 0.6) is 0 Å². The molecule has 0 aliphatic carbocycles. The second-order valence-corrected chi connectivity index (χ2v) is 7.77. The molecule has 0 saturated heterocycles. The van der Waals surface area contributed by atoms with Crippen LogP contribution in [0.4, 0.5) is 4.79 Å². The molecule has 2 aromatic carbocycles. The first-order valence-corrected chi connectivity index (χ1v) is 9.48. The predicted molar refractivity (Wildman–Crippen MR) is 109 cm³/mol. The van der Waals surface area contributed by atoms with Crippen molar-refractivity contribution in [2.24, 2.45) is 0 Å². The summed E-state index contributed by atoms with van der Waals surface area (Å²) in [5.41, 5.74) is 2.36. The van der Waals surface area contributed by atoms with E-state index in [1.54, 1.807) is 0 Å². The molecule has 1 atom stereocenters. The molecular weight excluding hydrogens is 354 g/mol. The molecule has 5 heteroatoms. The first-order chi connectivity index (χ1) is 13.2. The third-order valence-corrected chi connectivity index (χ3v) is 4.09. The first-order valence-electron chi connectivity index (χ1n) is 9.48. The van der Waals surface area contributed by atoms with Gasteiger partial charge in [0.2, 0.25) is 0 Å². The Labute approximate surface area is 167 Å². The van der Waals surface area contributed by atoms with Crippen LogP contribution in [0.25, 0.3) is 0 Å². The van der Waals surface area contributed by atoms with Gasteiger partial charge < -0.3 is 14.8 Å². The van der Waals surface area contributed by atoms with Crippen LogP contribution in [0.1, 0.15) is 49.8 Å². The highest BCUT2D eigenvalue weighted by atomic mass is 16.6. The lowest BCUT2D eigenvalue weighted by Crippen LogP contribution is -2.34. The van der Waals surface area contributed by atoms with Gasteiger partial charge in [-0.05, 0) is 45.2 Å². The maximum absolute atomic E-state index is 12.7. The molecule has 1 amide bonds. The summed E-state index contributed by atoms with van der Waals surface area (Å²) in [5, 5.41) is 2.71. The minimum Gasteiger partial charge on any atom is -0.460 e. The summed E-state index contributed by atoms with van der Waals surface area (Å²) in [4.78, 5) is 24.6. The van der Waals surface area contributed by atoms with Gasteiger partial charge in [0.1, 0.15) is 12.2 Å². The second kappa shape index (κ2) is 9.93. The van der Waals surface area contributed by atoms with Crippen molar-refractivity contribution in [1.82, 2.24) is 5.32 Å². The topological polar surface area (TPSA) is 64.6 Å². The fourth-order valence-electron chi connectivity index (χ4n) is 2.68. The molecule has 0 aromatic heterocycles. The van der Waals surface area contributed by atoms with E-state index in [2.05, 4.69) is 5.32 Å². The summed E-state index contributed by atoms with van der Waals surface area (Å²) in [7, 11) is 0. The Morgan fingerprint density at radius 2 is 1.64 bits per heavy atom. The Morgan fingerprint density at radius 3 is 2.25 bits per heavy atom. The van der Waals surface area contributed by atoms with Gasteiger partial charge in [0.05, 0.1) is 5.92 Å². The van der Waals surface area contributed by atoms with E-state index in [1.807, 2.05) is 82.3 Å². The van der Waals surface area contributed by atoms with Crippen molar-refractivity contribution in [3.63, 3.8) is 0 Å². The van der Waals surface area contributed by atoms with E-state index in [1.165, 1.54) is 0 Å². The molecule has 0 bridgehead atoms. The number of carbonyl (C=O) groups is 2. The number of nitrogens with one attached hydrogen (secondary N) is 1. The van der Waals surface area contributed by atoms with Crippen LogP contribution in [-0.2, 0) is 20.9 Å². The van der Waals surface area contributed by atoms with E-state index in [0.717, 1.165) is 16.7 Å². The van der Waals surface area contributed by atoms with Crippen LogP contribution < -0.4 is 5.32 Å². The van der Waals surface area contributed by atoms with Gasteiger partial charge in [-0.25, -0.2) is 4.79 Å². The molecule has 150 valence electrons. The van der Waals surface area contributed by atoms with Crippen LogP contribution in [0.3, 0.4) is 0 Å². The molecular formula is C23H29NO4. The SMILES string of the molecule is Cc1ccc(C(CCNC(=O)OC(C)(C)C)C(=O)OCc2ccccc2)cc1. The maximum Gasteiger partial charge on any atom is 0.407 e. The smallest absolute Gasteiger partial charge is 0.407 e. The lowest BCUT2D eigenvalue weighted by Gasteiger charge is -2.21. The lowest BCUT2D eigenvalue weighted by atomic mass is 9.95. The third-order valence-electron chi connectivity index (χ3n) is 4.09. The zero-order chi connectivity index (χ0) is 20.6. The molecule has 0 fully saturated rings. The molecule has 2 aromatic rings. The van der Waals surface area contributed by atoms with E-state index in [-0.39, 0.29) is 12.6 Å². The molecule has 0 spiro atoms. The van der Waals surface area contributed by atoms with Gasteiger partial charge in [0, 0.05) is 6.54 Å². The van der Waals surface area contributed by atoms with Crippen LogP contribution in [0.15, 0.2) is 54.6 Å². The van der Waals surface area contributed by atoms with E-state index in [0.29, 0.717) is 13.0 Å². The van der Waals surface area contributed by atoms with Gasteiger partial charge in [-0.3, -0.25) is 4.79 Å². The van der Waals surface area contributed by atoms with Gasteiger partial charge in [-0.1, -0.05) is 60.2 Å². The largest absolute Gasteiger partial charge is 0.460 e. The number of ether oxygens (including phenoxy) is 2. The van der Waals surface area contributed by atoms with Gasteiger partial charge >= 0.3 is 12.1 Å². The summed E-state index contributed by atoms with van der Waals surface area (Å²) >= 11 is 0. The Morgan fingerprint density at radius 1 is 1.00 bits per heavy atom. The van der Waals surface area contributed by atoms with Crippen molar-refractivity contribution in [3.05, 3.63) is 71.3 Å². The maximum atomic E-state index is 12.7. The molecule has 0 saturated carbocycles. The van der Waals surface area contributed by atoms with Crippen LogP contribution >= 0.6 is 0 Å². The van der Waals surface area contributed by atoms with Crippen molar-refractivity contribution < 1.29 is 19.1 Å². The predicted octanol–water partition coefficient (Wildman–Crippen LogP) is 4.74. The highest BCUT2D eigenvalue weighted by Crippen LogP contribution is 2.22. The molecule has 0 aliphatic heterocycles. The number of amides is 1. The van der Waals surface area contributed by atoms with Crippen molar-refractivity contribution in [1.29, 1.82) is 0 Å². The number of rotatable bonds is 7. The first kappa shape index (κ1) is 21.5. The van der Waals surface area contributed by atoms with Crippen LogP contribution in [-0.4, -0.2) is 24.2 Å². The summed E-state index contributed by atoms with van der Waals surface area (Å²) in [5.74, 6) is -0.766. The van der Waals surface area contributed by atoms with E-state index >= 15 is 0 Å². The quantitative estimate of drug-likeness (QED) is 0.702. The second-order valence-electron chi connectivity index (χ2n) is 7.77. The number of aryl methyl sites for hydroxylation is 1. The minimum atomic E-state index is -0.560. The number of hydrogen-bond donors (Lipinski definition) is 1. The molecule has 0 radical (unpaired) electrons. The molecule has 28 heavy (non-hydrogen) atoms. The molecule has 0 heterocycles. The van der Waals surface area contributed by atoms with Gasteiger partial charge in [0.15, 0.2) is 0 Å². The van der Waals surface area contributed by atoms with Gasteiger partial charge in [-0.2, -0.15) is 0 Å². The monoisotopic (exact) mass is 383 g/mol. The average molecular weight is 383 g/mol. The highest BCUT2D eigenvalue weighted by molar-refractivity contribution is 5.78. The van der Waals surface area contributed by atoms with E-state index < -0.39 is 17.6 Å². The normalized spacial score (nSPS) is 12.1. The van der Waals surface area contributed by atoms with Crippen LogP contribution in [0.2, 0.25) is 0 Å². The van der Waals surface area contributed by atoms with Gasteiger partial charge in [0.25, 0.3) is 0 Å². The minimum absolute atomic E-state index is 0.224. The van der Waals surface area contributed by atoms with E-state index in [9.17, 15) is 9.59 Å². The van der Waals surface area contributed by atoms with Gasteiger partial charge in [-0.15, -0.1) is 0 Å². The fourth-order valence-corrected chi connectivity index (χ4v) is 2.68. The summed E-state index contributed by atoms with van der Waals surface area (Å²) in [6.07, 6.45) is -0.0663. The zero-order valence-electron chi connectivity index (χ0n) is 17.0. The van der Waals surface area contributed by atoms with E-state index in [4.69, 9.17) is 9.47 Å². The molecule has 5 nitrogen and oxygen atoms in total. The standard InChI is InChI=1S/C23H29NO4/c1-17-10-12-19(13-11-17)20(14-15-24-22(26)28-23(2,3)4)21(25)27-16-18-8-6-5-7-9-18/h5-13,20H,14-16H2,1-4H3,(H,24,26). The van der Waals surface area contributed by atoms with Crippen molar-refractivity contribution in [2.75, 3.05) is 6.54 Å². The summed E-state index contributed by atoms with van der Waals surface area (Å²) in [6.45, 7) is 7.96. The van der Waals surface area contributed by atoms with Crippen molar-refractivity contribution in [2.45, 2.75) is 52.2 Å². The lowest BCUT2D eigenvalue weighted by molar-refractivity contribution is -0.147. The fraction of sp³-hybridized carbons (Fsp3) is 0.391. The Bertz CT molecular complexity index is 763. The number of alkyl carbamates (subject to hydrolysis) is 1. The Kier molecular flexibility index (Phi) is 7.61. The highest BCUT2D eigenvalue weighted by Gasteiger charge is 2.23. The summed E-state index contributed by atoms with van der Waals surface area (Å²) in [6, 6.07) is 17.4. The average Bonchev–Trinajstić information content (AvgIpc) is 2.64. The molecule has 2 rings (SSSR count). The van der Waals surface area contributed by atoms with Crippen molar-refractivity contribution in [3.8, 4) is 0 Å². The summed E-state index contributed by atoms with van der Waals surface area (Å²) < 4.78 is 10.8. The number of benzene rings is 2. The zero-order valence-corrected chi connectivity index (χ0v) is 17.0. The van der Waals surface area contributed by atoms with Crippen molar-refractivity contribution >= 4 is 12.1 Å². The molecule has 0 aliphatic rings. The number of esters is 1. The van der Waals surface area contributed by atoms with Crippen LogP contribution in [0, 0.1) is 6.92 Å². The Balaban J connectivity index is 1.99.